The van der Waals surface area contributed by atoms with Gasteiger partial charge in [0.15, 0.2) is 0 Å². The number of esters is 1. The molecule has 1 amide bonds. The summed E-state index contributed by atoms with van der Waals surface area (Å²) in [5.41, 5.74) is 1.70. The van der Waals surface area contributed by atoms with E-state index >= 15 is 0 Å². The summed E-state index contributed by atoms with van der Waals surface area (Å²) >= 11 is 4.75. The first-order chi connectivity index (χ1) is 11.1. The van der Waals surface area contributed by atoms with Crippen LogP contribution in [0, 0.1) is 0 Å². The number of amides is 1. The van der Waals surface area contributed by atoms with E-state index in [0.717, 1.165) is 20.6 Å². The van der Waals surface area contributed by atoms with E-state index in [9.17, 15) is 9.59 Å². The summed E-state index contributed by atoms with van der Waals surface area (Å²) in [5, 5.41) is 2.37. The van der Waals surface area contributed by atoms with Crippen molar-refractivity contribution in [3.8, 4) is 0 Å². The van der Waals surface area contributed by atoms with Gasteiger partial charge in [0.05, 0.1) is 17.4 Å². The Balaban J connectivity index is 1.56. The monoisotopic (exact) mass is 391 g/mol. The van der Waals surface area contributed by atoms with E-state index in [1.54, 1.807) is 0 Å². The third-order valence-electron chi connectivity index (χ3n) is 3.37. The highest BCUT2D eigenvalue weighted by Gasteiger charge is 2.29. The average Bonchev–Trinajstić information content (AvgIpc) is 2.55. The smallest absolute Gasteiger partial charge is 0.307 e. The van der Waals surface area contributed by atoms with Crippen molar-refractivity contribution in [1.29, 1.82) is 0 Å². The highest BCUT2D eigenvalue weighted by atomic mass is 79.9. The number of rotatable bonds is 4. The van der Waals surface area contributed by atoms with Crippen LogP contribution >= 0.6 is 27.7 Å². The van der Waals surface area contributed by atoms with E-state index in [1.807, 2.05) is 48.5 Å². The van der Waals surface area contributed by atoms with E-state index < -0.39 is 5.25 Å². The number of carbonyl (C=O) groups is 2. The van der Waals surface area contributed by atoms with E-state index in [-0.39, 0.29) is 24.9 Å². The number of anilines is 1. The first-order valence-corrected chi connectivity index (χ1v) is 8.76. The summed E-state index contributed by atoms with van der Waals surface area (Å²) in [6.07, 6.45) is 0.0569. The van der Waals surface area contributed by atoms with E-state index in [0.29, 0.717) is 0 Å². The minimum atomic E-state index is -0.456. The highest BCUT2D eigenvalue weighted by Crippen LogP contribution is 2.36. The van der Waals surface area contributed by atoms with Crippen LogP contribution in [0.5, 0.6) is 0 Å². The quantitative estimate of drug-likeness (QED) is 0.800. The largest absolute Gasteiger partial charge is 0.461 e. The zero-order valence-electron chi connectivity index (χ0n) is 12.1. The van der Waals surface area contributed by atoms with Gasteiger partial charge in [0.2, 0.25) is 5.91 Å². The maximum Gasteiger partial charge on any atom is 0.307 e. The molecule has 6 heteroatoms. The van der Waals surface area contributed by atoms with Crippen molar-refractivity contribution in [2.24, 2.45) is 0 Å². The summed E-state index contributed by atoms with van der Waals surface area (Å²) in [5.74, 6) is -0.533. The molecule has 1 N–H and O–H groups in total. The van der Waals surface area contributed by atoms with Gasteiger partial charge < -0.3 is 10.1 Å². The van der Waals surface area contributed by atoms with Crippen molar-refractivity contribution in [3.05, 3.63) is 58.6 Å². The molecule has 0 aliphatic carbocycles. The van der Waals surface area contributed by atoms with Crippen LogP contribution in [0.3, 0.4) is 0 Å². The Morgan fingerprint density at radius 3 is 2.70 bits per heavy atom. The minimum Gasteiger partial charge on any atom is -0.461 e. The molecule has 0 saturated carbocycles. The second-order valence-corrected chi connectivity index (χ2v) is 7.24. The van der Waals surface area contributed by atoms with Crippen LogP contribution < -0.4 is 5.32 Å². The number of hydrogen-bond donors (Lipinski definition) is 1. The molecule has 0 aromatic heterocycles. The van der Waals surface area contributed by atoms with Crippen molar-refractivity contribution in [2.45, 2.75) is 23.2 Å². The van der Waals surface area contributed by atoms with Crippen molar-refractivity contribution < 1.29 is 14.3 Å². The van der Waals surface area contributed by atoms with Crippen molar-refractivity contribution in [3.63, 3.8) is 0 Å². The molecule has 2 aromatic rings. The molecule has 3 rings (SSSR count). The second-order valence-electron chi connectivity index (χ2n) is 5.08. The predicted molar refractivity (Wildman–Crippen MR) is 93.3 cm³/mol. The fourth-order valence-corrected chi connectivity index (χ4v) is 3.54. The van der Waals surface area contributed by atoms with Crippen LogP contribution in [-0.2, 0) is 20.9 Å². The Labute approximate surface area is 146 Å². The summed E-state index contributed by atoms with van der Waals surface area (Å²) < 4.78 is 6.23. The van der Waals surface area contributed by atoms with E-state index in [2.05, 4.69) is 21.2 Å². The topological polar surface area (TPSA) is 55.4 Å². The van der Waals surface area contributed by atoms with Gasteiger partial charge in [0.25, 0.3) is 0 Å². The molecule has 118 valence electrons. The zero-order chi connectivity index (χ0) is 16.2. The molecular weight excluding hydrogens is 378 g/mol. The van der Waals surface area contributed by atoms with Crippen LogP contribution in [0.1, 0.15) is 12.0 Å². The van der Waals surface area contributed by atoms with Crippen molar-refractivity contribution in [1.82, 2.24) is 0 Å². The molecule has 0 unspecified atom stereocenters. The lowest BCUT2D eigenvalue weighted by Gasteiger charge is -2.23. The lowest BCUT2D eigenvalue weighted by Crippen LogP contribution is -2.31. The van der Waals surface area contributed by atoms with Crippen LogP contribution in [0.25, 0.3) is 0 Å². The molecule has 1 atom stereocenters. The first-order valence-electron chi connectivity index (χ1n) is 7.08. The molecule has 1 aliphatic rings. The summed E-state index contributed by atoms with van der Waals surface area (Å²) in [6.45, 7) is 0.210. The molecule has 4 nitrogen and oxygen atoms in total. The zero-order valence-corrected chi connectivity index (χ0v) is 14.5. The SMILES string of the molecule is O=C(C[C@H]1Sc2ccccc2NC1=O)OCc1ccc(Br)cc1. The van der Waals surface area contributed by atoms with E-state index in [1.165, 1.54) is 11.8 Å². The van der Waals surface area contributed by atoms with Gasteiger partial charge in [0, 0.05) is 9.37 Å². The van der Waals surface area contributed by atoms with Gasteiger partial charge >= 0.3 is 5.97 Å². The predicted octanol–water partition coefficient (Wildman–Crippen LogP) is 4.00. The molecule has 2 aromatic carbocycles. The number of hydrogen-bond acceptors (Lipinski definition) is 4. The Bertz CT molecular complexity index is 733. The van der Waals surface area contributed by atoms with Crippen molar-refractivity contribution >= 4 is 45.3 Å². The van der Waals surface area contributed by atoms with Crippen LogP contribution in [0.15, 0.2) is 57.9 Å². The number of halogens is 1. The minimum absolute atomic E-state index is 0.0569. The molecule has 23 heavy (non-hydrogen) atoms. The highest BCUT2D eigenvalue weighted by molar-refractivity contribution is 9.10. The normalized spacial score (nSPS) is 16.4. The van der Waals surface area contributed by atoms with Gasteiger partial charge in [-0.25, -0.2) is 0 Å². The summed E-state index contributed by atoms with van der Waals surface area (Å²) in [4.78, 5) is 25.0. The second kappa shape index (κ2) is 7.19. The Kier molecular flexibility index (Phi) is 5.03. The number of nitrogens with one attached hydrogen (secondary N) is 1. The first kappa shape index (κ1) is 16.1. The molecule has 0 spiro atoms. The van der Waals surface area contributed by atoms with Gasteiger partial charge in [-0.05, 0) is 29.8 Å². The average molecular weight is 392 g/mol. The molecular formula is C17H14BrNO3S. The van der Waals surface area contributed by atoms with Crippen LogP contribution in [0.2, 0.25) is 0 Å². The number of fused-ring (bicyclic) bond motifs is 1. The number of carbonyl (C=O) groups excluding carboxylic acids is 2. The van der Waals surface area contributed by atoms with Gasteiger partial charge in [-0.15, -0.1) is 11.8 Å². The lowest BCUT2D eigenvalue weighted by molar-refractivity contribution is -0.145. The summed E-state index contributed by atoms with van der Waals surface area (Å²) in [6, 6.07) is 15.1. The third-order valence-corrected chi connectivity index (χ3v) is 5.18. The molecule has 1 aliphatic heterocycles. The standard InChI is InChI=1S/C17H14BrNO3S/c18-12-7-5-11(6-8-12)10-22-16(20)9-15-17(21)19-13-3-1-2-4-14(13)23-15/h1-8,15H,9-10H2,(H,19,21)/t15-/m1/s1. The fraction of sp³-hybridized carbons (Fsp3) is 0.176. The molecule has 0 saturated heterocycles. The van der Waals surface area contributed by atoms with Gasteiger partial charge in [-0.3, -0.25) is 9.59 Å². The number of benzene rings is 2. The third kappa shape index (κ3) is 4.14. The number of thioether (sulfide) groups is 1. The Hall–Kier alpha value is -1.79. The van der Waals surface area contributed by atoms with E-state index in [4.69, 9.17) is 4.74 Å². The van der Waals surface area contributed by atoms with Crippen LogP contribution in [-0.4, -0.2) is 17.1 Å². The van der Waals surface area contributed by atoms with Crippen LogP contribution in [0.4, 0.5) is 5.69 Å². The number of ether oxygens (including phenoxy) is 1. The lowest BCUT2D eigenvalue weighted by atomic mass is 10.2. The Morgan fingerprint density at radius 2 is 1.91 bits per heavy atom. The Morgan fingerprint density at radius 1 is 1.17 bits per heavy atom. The van der Waals surface area contributed by atoms with Crippen molar-refractivity contribution in [2.75, 3.05) is 5.32 Å². The molecule has 0 fully saturated rings. The molecule has 0 radical (unpaired) electrons. The molecule has 1 heterocycles. The maximum atomic E-state index is 12.1. The summed E-state index contributed by atoms with van der Waals surface area (Å²) in [7, 11) is 0. The van der Waals surface area contributed by atoms with Gasteiger partial charge in [-0.2, -0.15) is 0 Å². The van der Waals surface area contributed by atoms with Gasteiger partial charge in [-0.1, -0.05) is 40.2 Å². The van der Waals surface area contributed by atoms with Gasteiger partial charge in [0.1, 0.15) is 6.61 Å². The maximum absolute atomic E-state index is 12.1. The molecule has 0 bridgehead atoms. The fourth-order valence-electron chi connectivity index (χ4n) is 2.18. The number of para-hydroxylation sites is 1.